The molecule has 0 radical (unpaired) electrons. The molecule has 0 bridgehead atoms. The molecular weight excluding hydrogens is 299 g/mol. The summed E-state index contributed by atoms with van der Waals surface area (Å²) in [5, 5.41) is 11.0. The van der Waals surface area contributed by atoms with E-state index in [9.17, 15) is 14.4 Å². The number of esters is 1. The van der Waals surface area contributed by atoms with E-state index in [1.54, 1.807) is 12.1 Å². The molecule has 1 amide bonds. The number of rotatable bonds is 7. The molecule has 0 heterocycles. The molecule has 0 aliphatic rings. The normalized spacial score (nSPS) is 12.5. The minimum atomic E-state index is -1.22. The van der Waals surface area contributed by atoms with Gasteiger partial charge in [0, 0.05) is 6.42 Å². The number of methoxy groups -OCH3 is 1. The number of ether oxygens (including phenoxy) is 1. The molecule has 0 saturated carbocycles. The zero-order chi connectivity index (χ0) is 15.8. The van der Waals surface area contributed by atoms with E-state index in [0.29, 0.717) is 0 Å². The van der Waals surface area contributed by atoms with Crippen LogP contribution in [0.5, 0.6) is 0 Å². The zero-order valence-corrected chi connectivity index (χ0v) is 11.6. The van der Waals surface area contributed by atoms with Crippen LogP contribution in [-0.2, 0) is 25.5 Å². The van der Waals surface area contributed by atoms with Gasteiger partial charge in [-0.3, -0.25) is 9.59 Å². The van der Waals surface area contributed by atoms with Crippen molar-refractivity contribution in [2.75, 3.05) is 7.11 Å². The molecule has 0 aliphatic carbocycles. The summed E-state index contributed by atoms with van der Waals surface area (Å²) in [4.78, 5) is 34.0. The summed E-state index contributed by atoms with van der Waals surface area (Å²) in [5.74, 6) is -2.51. The van der Waals surface area contributed by atoms with Crippen molar-refractivity contribution in [1.29, 1.82) is 0 Å². The SMILES string of the molecule is COC(=O)C(Cc1ccccc1)NC(=O)C(N)CC(=O)O.[NaH]. The van der Waals surface area contributed by atoms with Crippen molar-refractivity contribution < 1.29 is 24.2 Å². The van der Waals surface area contributed by atoms with Gasteiger partial charge in [0.15, 0.2) is 0 Å². The van der Waals surface area contributed by atoms with Crippen LogP contribution in [0, 0.1) is 0 Å². The molecule has 1 aromatic rings. The predicted octanol–water partition coefficient (Wildman–Crippen LogP) is -0.960. The Morgan fingerprint density at radius 2 is 1.86 bits per heavy atom. The van der Waals surface area contributed by atoms with E-state index in [2.05, 4.69) is 10.1 Å². The van der Waals surface area contributed by atoms with Crippen LogP contribution in [0.4, 0.5) is 0 Å². The van der Waals surface area contributed by atoms with Gasteiger partial charge in [-0.2, -0.15) is 0 Å². The molecule has 22 heavy (non-hydrogen) atoms. The van der Waals surface area contributed by atoms with Crippen molar-refractivity contribution in [1.82, 2.24) is 5.32 Å². The molecular formula is C14H19N2NaO5. The Morgan fingerprint density at radius 1 is 1.27 bits per heavy atom. The number of benzene rings is 1. The van der Waals surface area contributed by atoms with Crippen LogP contribution in [0.2, 0.25) is 0 Å². The number of carboxylic acid groups (broad SMARTS) is 1. The summed E-state index contributed by atoms with van der Waals surface area (Å²) in [5.41, 5.74) is 6.29. The Hall–Kier alpha value is -1.41. The van der Waals surface area contributed by atoms with Crippen LogP contribution in [0.1, 0.15) is 12.0 Å². The fourth-order valence-corrected chi connectivity index (χ4v) is 1.74. The maximum absolute atomic E-state index is 11.8. The molecule has 1 aromatic carbocycles. The summed E-state index contributed by atoms with van der Waals surface area (Å²) >= 11 is 0. The number of nitrogens with two attached hydrogens (primary N) is 1. The Bertz CT molecular complexity index is 509. The Kier molecular flexibility index (Phi) is 9.68. The van der Waals surface area contributed by atoms with Crippen molar-refractivity contribution in [3.63, 3.8) is 0 Å². The van der Waals surface area contributed by atoms with Gasteiger partial charge in [0.25, 0.3) is 0 Å². The number of nitrogens with one attached hydrogen (secondary N) is 1. The molecule has 2 unspecified atom stereocenters. The van der Waals surface area contributed by atoms with Gasteiger partial charge in [0.1, 0.15) is 6.04 Å². The Labute approximate surface area is 150 Å². The standard InChI is InChI=1S/C14H18N2O5.Na.H/c1-21-14(20)11(7-9-5-3-2-4-6-9)16-13(19)10(15)8-12(17)18;;/h2-6,10-11H,7-8,15H2,1H3,(H,16,19)(H,17,18);;. The van der Waals surface area contributed by atoms with Crippen LogP contribution >= 0.6 is 0 Å². The van der Waals surface area contributed by atoms with E-state index < -0.39 is 36.4 Å². The first-order chi connectivity index (χ1) is 9.93. The molecule has 116 valence electrons. The second-order valence-electron chi connectivity index (χ2n) is 4.48. The summed E-state index contributed by atoms with van der Waals surface area (Å²) in [6, 6.07) is 6.93. The molecule has 8 heteroatoms. The maximum atomic E-state index is 11.8. The van der Waals surface area contributed by atoms with Gasteiger partial charge in [0.2, 0.25) is 5.91 Å². The van der Waals surface area contributed by atoms with E-state index in [4.69, 9.17) is 10.8 Å². The second kappa shape index (κ2) is 10.3. The molecule has 2 atom stereocenters. The van der Waals surface area contributed by atoms with Gasteiger partial charge in [-0.25, -0.2) is 4.79 Å². The van der Waals surface area contributed by atoms with Gasteiger partial charge < -0.3 is 20.9 Å². The van der Waals surface area contributed by atoms with Gasteiger partial charge in [0.05, 0.1) is 19.6 Å². The predicted molar refractivity (Wildman–Crippen MR) is 81.5 cm³/mol. The number of carbonyl (C=O) groups excluding carboxylic acids is 2. The number of amides is 1. The molecule has 0 spiro atoms. The van der Waals surface area contributed by atoms with Gasteiger partial charge in [-0.1, -0.05) is 30.3 Å². The zero-order valence-electron chi connectivity index (χ0n) is 11.6. The number of aliphatic carboxylic acids is 1. The van der Waals surface area contributed by atoms with Gasteiger partial charge in [-0.15, -0.1) is 0 Å². The molecule has 4 N–H and O–H groups in total. The van der Waals surface area contributed by atoms with Crippen LogP contribution in [0.25, 0.3) is 0 Å². The van der Waals surface area contributed by atoms with Crippen molar-refractivity contribution in [3.8, 4) is 0 Å². The fraction of sp³-hybridized carbons (Fsp3) is 0.357. The van der Waals surface area contributed by atoms with Crippen LogP contribution in [0.3, 0.4) is 0 Å². The summed E-state index contributed by atoms with van der Waals surface area (Å²) in [6.45, 7) is 0. The van der Waals surface area contributed by atoms with Gasteiger partial charge >= 0.3 is 41.5 Å². The number of hydrogen-bond donors (Lipinski definition) is 3. The van der Waals surface area contributed by atoms with Crippen molar-refractivity contribution >= 4 is 47.4 Å². The average Bonchev–Trinajstić information content (AvgIpc) is 2.46. The third kappa shape index (κ3) is 7.04. The van der Waals surface area contributed by atoms with Gasteiger partial charge in [-0.05, 0) is 5.56 Å². The number of carbonyl (C=O) groups is 3. The monoisotopic (exact) mass is 318 g/mol. The molecule has 0 fully saturated rings. The molecule has 1 rings (SSSR count). The summed E-state index contributed by atoms with van der Waals surface area (Å²) in [7, 11) is 1.21. The van der Waals surface area contributed by atoms with Crippen molar-refractivity contribution in [2.24, 2.45) is 5.73 Å². The molecule has 0 saturated heterocycles. The third-order valence-corrected chi connectivity index (χ3v) is 2.82. The van der Waals surface area contributed by atoms with E-state index in [-0.39, 0.29) is 36.0 Å². The average molecular weight is 318 g/mol. The first-order valence-electron chi connectivity index (χ1n) is 6.33. The topological polar surface area (TPSA) is 119 Å². The molecule has 0 aromatic heterocycles. The van der Waals surface area contributed by atoms with E-state index >= 15 is 0 Å². The molecule has 7 nitrogen and oxygen atoms in total. The Balaban J connectivity index is 0.00000441. The first kappa shape index (κ1) is 20.6. The van der Waals surface area contributed by atoms with Crippen LogP contribution in [0.15, 0.2) is 30.3 Å². The van der Waals surface area contributed by atoms with Crippen LogP contribution < -0.4 is 11.1 Å². The van der Waals surface area contributed by atoms with E-state index in [1.807, 2.05) is 18.2 Å². The van der Waals surface area contributed by atoms with E-state index in [0.717, 1.165) is 5.56 Å². The van der Waals surface area contributed by atoms with Crippen LogP contribution in [-0.4, -0.2) is 71.7 Å². The van der Waals surface area contributed by atoms with E-state index in [1.165, 1.54) is 7.11 Å². The molecule has 0 aliphatic heterocycles. The summed E-state index contributed by atoms with van der Waals surface area (Å²) in [6.07, 6.45) is -0.274. The number of hydrogen-bond acceptors (Lipinski definition) is 5. The Morgan fingerprint density at radius 3 is 2.36 bits per heavy atom. The van der Waals surface area contributed by atoms with Crippen molar-refractivity contribution in [3.05, 3.63) is 35.9 Å². The number of carboxylic acids is 1. The second-order valence-corrected chi connectivity index (χ2v) is 4.48. The fourth-order valence-electron chi connectivity index (χ4n) is 1.74. The quantitative estimate of drug-likeness (QED) is 0.440. The summed E-state index contributed by atoms with van der Waals surface area (Å²) < 4.78 is 4.64. The third-order valence-electron chi connectivity index (χ3n) is 2.82. The minimum absolute atomic E-state index is 0. The first-order valence-corrected chi connectivity index (χ1v) is 6.33. The van der Waals surface area contributed by atoms with Crippen molar-refractivity contribution in [2.45, 2.75) is 24.9 Å².